The van der Waals surface area contributed by atoms with Crippen molar-refractivity contribution in [3.8, 4) is 0 Å². The SMILES string of the molecule is Cc1ccc(S(=O)(=O)n2c(/C=C/C=C/[N+](=O)[O-])cc3ccccc32)cc1. The highest BCUT2D eigenvalue weighted by Gasteiger charge is 2.21. The van der Waals surface area contributed by atoms with Crippen molar-refractivity contribution in [1.29, 1.82) is 0 Å². The zero-order valence-corrected chi connectivity index (χ0v) is 14.8. The molecule has 0 spiro atoms. The summed E-state index contributed by atoms with van der Waals surface area (Å²) in [6.45, 7) is 1.89. The number of benzene rings is 2. The quantitative estimate of drug-likeness (QED) is 0.387. The zero-order chi connectivity index (χ0) is 18.7. The maximum absolute atomic E-state index is 13.2. The number of aryl methyl sites for hydroxylation is 1. The first-order valence-electron chi connectivity index (χ1n) is 7.81. The van der Waals surface area contributed by atoms with E-state index in [-0.39, 0.29) is 4.90 Å². The predicted octanol–water partition coefficient (Wildman–Crippen LogP) is 3.99. The molecule has 0 saturated heterocycles. The van der Waals surface area contributed by atoms with Gasteiger partial charge in [0.2, 0.25) is 6.20 Å². The number of hydrogen-bond acceptors (Lipinski definition) is 4. The highest BCUT2D eigenvalue weighted by molar-refractivity contribution is 7.90. The van der Waals surface area contributed by atoms with E-state index in [2.05, 4.69) is 0 Å². The molecule has 0 aliphatic rings. The molecule has 3 aromatic rings. The average molecular weight is 368 g/mol. The van der Waals surface area contributed by atoms with Crippen molar-refractivity contribution in [3.63, 3.8) is 0 Å². The minimum absolute atomic E-state index is 0.180. The Bertz CT molecular complexity index is 1120. The molecule has 0 saturated carbocycles. The topological polar surface area (TPSA) is 82.2 Å². The van der Waals surface area contributed by atoms with Gasteiger partial charge in [0, 0.05) is 11.5 Å². The van der Waals surface area contributed by atoms with Gasteiger partial charge in [-0.1, -0.05) is 42.0 Å². The van der Waals surface area contributed by atoms with Gasteiger partial charge in [-0.3, -0.25) is 10.1 Å². The summed E-state index contributed by atoms with van der Waals surface area (Å²) in [7, 11) is -3.82. The molecule has 0 amide bonds. The van der Waals surface area contributed by atoms with E-state index in [4.69, 9.17) is 0 Å². The van der Waals surface area contributed by atoms with Gasteiger partial charge in [-0.25, -0.2) is 12.4 Å². The number of aromatic nitrogens is 1. The van der Waals surface area contributed by atoms with Crippen molar-refractivity contribution in [2.45, 2.75) is 11.8 Å². The Morgan fingerprint density at radius 1 is 1.04 bits per heavy atom. The van der Waals surface area contributed by atoms with Gasteiger partial charge < -0.3 is 0 Å². The summed E-state index contributed by atoms with van der Waals surface area (Å²) in [5.74, 6) is 0. The van der Waals surface area contributed by atoms with Gasteiger partial charge in [0.1, 0.15) is 0 Å². The molecule has 0 aliphatic heterocycles. The molecular weight excluding hydrogens is 352 g/mol. The lowest BCUT2D eigenvalue weighted by molar-refractivity contribution is -0.402. The number of rotatable bonds is 5. The summed E-state index contributed by atoms with van der Waals surface area (Å²) in [6, 6.07) is 15.5. The molecule has 0 bridgehead atoms. The van der Waals surface area contributed by atoms with Gasteiger partial charge in [-0.2, -0.15) is 0 Å². The molecule has 132 valence electrons. The van der Waals surface area contributed by atoms with E-state index in [0.717, 1.165) is 17.1 Å². The van der Waals surface area contributed by atoms with Crippen LogP contribution in [0.15, 0.2) is 77.8 Å². The van der Waals surface area contributed by atoms with E-state index in [1.54, 1.807) is 42.5 Å². The number of nitro groups is 1. The summed E-state index contributed by atoms with van der Waals surface area (Å²) in [5.41, 5.74) is 1.93. The first-order chi connectivity index (χ1) is 12.4. The lowest BCUT2D eigenvalue weighted by Gasteiger charge is -2.10. The lowest BCUT2D eigenvalue weighted by Crippen LogP contribution is -2.14. The Kier molecular flexibility index (Phi) is 4.73. The smallest absolute Gasteiger partial charge is 0.259 e. The Morgan fingerprint density at radius 2 is 1.73 bits per heavy atom. The van der Waals surface area contributed by atoms with Crippen molar-refractivity contribution >= 4 is 27.0 Å². The highest BCUT2D eigenvalue weighted by atomic mass is 32.2. The molecule has 7 heteroatoms. The molecule has 3 rings (SSSR count). The summed E-state index contributed by atoms with van der Waals surface area (Å²) in [4.78, 5) is 9.97. The van der Waals surface area contributed by atoms with Crippen molar-refractivity contribution in [2.24, 2.45) is 0 Å². The first kappa shape index (κ1) is 17.6. The average Bonchev–Trinajstić information content (AvgIpc) is 2.98. The van der Waals surface area contributed by atoms with Crippen molar-refractivity contribution in [3.05, 3.63) is 94.3 Å². The highest BCUT2D eigenvalue weighted by Crippen LogP contribution is 2.26. The Hall–Kier alpha value is -3.19. The zero-order valence-electron chi connectivity index (χ0n) is 13.9. The van der Waals surface area contributed by atoms with E-state index < -0.39 is 14.9 Å². The summed E-state index contributed by atoms with van der Waals surface area (Å²) < 4.78 is 27.6. The minimum atomic E-state index is -3.82. The molecule has 0 N–H and O–H groups in total. The summed E-state index contributed by atoms with van der Waals surface area (Å²) in [5, 5.41) is 11.1. The van der Waals surface area contributed by atoms with Crippen LogP contribution in [0.25, 0.3) is 17.0 Å². The normalized spacial score (nSPS) is 12.3. The van der Waals surface area contributed by atoms with Crippen LogP contribution < -0.4 is 0 Å². The van der Waals surface area contributed by atoms with Gasteiger partial charge in [0.05, 0.1) is 21.0 Å². The van der Waals surface area contributed by atoms with Gasteiger partial charge in [-0.15, -0.1) is 0 Å². The molecule has 0 aliphatic carbocycles. The fourth-order valence-corrected chi connectivity index (χ4v) is 4.13. The second-order valence-corrected chi connectivity index (χ2v) is 7.48. The molecule has 0 unspecified atom stereocenters. The molecule has 26 heavy (non-hydrogen) atoms. The molecule has 0 radical (unpaired) electrons. The molecule has 0 fully saturated rings. The monoisotopic (exact) mass is 368 g/mol. The number of nitrogens with zero attached hydrogens (tertiary/aromatic N) is 2. The Balaban J connectivity index is 2.18. The van der Waals surface area contributed by atoms with Crippen LogP contribution in [-0.4, -0.2) is 17.3 Å². The molecule has 2 aromatic carbocycles. The van der Waals surface area contributed by atoms with Crippen molar-refractivity contribution in [2.75, 3.05) is 0 Å². The van der Waals surface area contributed by atoms with Crippen LogP contribution in [-0.2, 0) is 10.0 Å². The van der Waals surface area contributed by atoms with Crippen LogP contribution in [0.3, 0.4) is 0 Å². The summed E-state index contributed by atoms with van der Waals surface area (Å²) >= 11 is 0. The number of hydrogen-bond donors (Lipinski definition) is 0. The molecule has 1 aromatic heterocycles. The van der Waals surface area contributed by atoms with Crippen LogP contribution in [0.4, 0.5) is 0 Å². The van der Waals surface area contributed by atoms with Crippen molar-refractivity contribution < 1.29 is 13.3 Å². The van der Waals surface area contributed by atoms with Crippen LogP contribution in [0.5, 0.6) is 0 Å². The first-order valence-corrected chi connectivity index (χ1v) is 9.25. The van der Waals surface area contributed by atoms with Crippen LogP contribution in [0.1, 0.15) is 11.3 Å². The van der Waals surface area contributed by atoms with Crippen LogP contribution >= 0.6 is 0 Å². The fourth-order valence-electron chi connectivity index (χ4n) is 2.63. The third-order valence-electron chi connectivity index (χ3n) is 3.84. The number of allylic oxidation sites excluding steroid dienone is 2. The summed E-state index contributed by atoms with van der Waals surface area (Å²) in [6.07, 6.45) is 5.02. The van der Waals surface area contributed by atoms with E-state index in [0.29, 0.717) is 11.2 Å². The second-order valence-electron chi connectivity index (χ2n) is 5.70. The van der Waals surface area contributed by atoms with Crippen LogP contribution in [0, 0.1) is 17.0 Å². The van der Waals surface area contributed by atoms with Gasteiger partial charge in [0.25, 0.3) is 10.0 Å². The Labute approximate surface area is 150 Å². The largest absolute Gasteiger partial charge is 0.268 e. The van der Waals surface area contributed by atoms with Crippen molar-refractivity contribution in [1.82, 2.24) is 3.97 Å². The number of fused-ring (bicyclic) bond motifs is 1. The Morgan fingerprint density at radius 3 is 2.42 bits per heavy atom. The standard InChI is InChI=1S/C19H16N2O4S/c1-15-9-11-18(12-10-15)26(24,25)21-17(7-4-5-13-20(22)23)14-16-6-2-3-8-19(16)21/h2-14H,1H3/b7-4+,13-5+. The lowest BCUT2D eigenvalue weighted by atomic mass is 10.2. The van der Waals surface area contributed by atoms with E-state index in [9.17, 15) is 18.5 Å². The predicted molar refractivity (Wildman–Crippen MR) is 101 cm³/mol. The molecule has 1 heterocycles. The van der Waals surface area contributed by atoms with E-state index in [1.807, 2.05) is 19.1 Å². The maximum atomic E-state index is 13.2. The van der Waals surface area contributed by atoms with E-state index >= 15 is 0 Å². The molecule has 0 atom stereocenters. The van der Waals surface area contributed by atoms with Crippen LogP contribution in [0.2, 0.25) is 0 Å². The van der Waals surface area contributed by atoms with E-state index in [1.165, 1.54) is 22.2 Å². The fraction of sp³-hybridized carbons (Fsp3) is 0.0526. The van der Waals surface area contributed by atoms with Gasteiger partial charge in [-0.05, 0) is 37.3 Å². The maximum Gasteiger partial charge on any atom is 0.268 e. The number of para-hydroxylation sites is 1. The minimum Gasteiger partial charge on any atom is -0.259 e. The van der Waals surface area contributed by atoms with Gasteiger partial charge >= 0.3 is 0 Å². The molecular formula is C19H16N2O4S. The second kappa shape index (κ2) is 6.97. The van der Waals surface area contributed by atoms with Gasteiger partial charge in [0.15, 0.2) is 0 Å². The third kappa shape index (κ3) is 3.43. The third-order valence-corrected chi connectivity index (χ3v) is 5.59. The molecule has 6 nitrogen and oxygen atoms in total.